The molecule has 0 aliphatic carbocycles. The maximum atomic E-state index is 4.48. The Hall–Kier alpha value is -1.44. The molecule has 0 unspecified atom stereocenters. The number of rotatable bonds is 2. The predicted molar refractivity (Wildman–Crippen MR) is 65.1 cm³/mol. The monoisotopic (exact) mass is 200 g/mol. The molecular weight excluding hydrogens is 184 g/mol. The minimum atomic E-state index is 0.738. The van der Waals surface area contributed by atoms with Crippen LogP contribution in [-0.4, -0.2) is 18.1 Å². The number of amidine groups is 1. The lowest BCUT2D eigenvalue weighted by Gasteiger charge is -2.09. The van der Waals surface area contributed by atoms with Gasteiger partial charge in [0, 0.05) is 5.56 Å². The van der Waals surface area contributed by atoms with E-state index in [1.807, 2.05) is 6.92 Å². The smallest absolute Gasteiger partial charge is 0.120 e. The molecule has 78 valence electrons. The van der Waals surface area contributed by atoms with Crippen LogP contribution in [0.2, 0.25) is 0 Å². The molecule has 0 amide bonds. The Kier molecular flexibility index (Phi) is 2.67. The summed E-state index contributed by atoms with van der Waals surface area (Å²) < 4.78 is 0. The van der Waals surface area contributed by atoms with Gasteiger partial charge in [-0.1, -0.05) is 25.1 Å². The summed E-state index contributed by atoms with van der Waals surface area (Å²) in [6.07, 6.45) is 1.06. The van der Waals surface area contributed by atoms with Crippen LogP contribution in [0.15, 0.2) is 28.2 Å². The quantitative estimate of drug-likeness (QED) is 0.701. The number of aryl methyl sites for hydroxylation is 1. The first-order valence-corrected chi connectivity index (χ1v) is 5.40. The van der Waals surface area contributed by atoms with Crippen molar-refractivity contribution in [2.75, 3.05) is 6.54 Å². The van der Waals surface area contributed by atoms with Gasteiger partial charge in [-0.15, -0.1) is 0 Å². The van der Waals surface area contributed by atoms with Crippen LogP contribution in [0.25, 0.3) is 0 Å². The summed E-state index contributed by atoms with van der Waals surface area (Å²) >= 11 is 0. The molecule has 1 heterocycles. The fourth-order valence-corrected chi connectivity index (χ4v) is 2.04. The Morgan fingerprint density at radius 2 is 2.07 bits per heavy atom. The van der Waals surface area contributed by atoms with Crippen molar-refractivity contribution in [1.82, 2.24) is 0 Å². The average molecular weight is 200 g/mol. The lowest BCUT2D eigenvalue weighted by atomic mass is 9.96. The van der Waals surface area contributed by atoms with Crippen LogP contribution in [0, 0.1) is 6.92 Å². The van der Waals surface area contributed by atoms with Gasteiger partial charge in [0.15, 0.2) is 0 Å². The van der Waals surface area contributed by atoms with E-state index in [4.69, 9.17) is 0 Å². The van der Waals surface area contributed by atoms with Crippen molar-refractivity contribution in [3.8, 4) is 0 Å². The fourth-order valence-electron chi connectivity index (χ4n) is 2.04. The van der Waals surface area contributed by atoms with Crippen molar-refractivity contribution in [3.63, 3.8) is 0 Å². The minimum absolute atomic E-state index is 0.738. The van der Waals surface area contributed by atoms with E-state index < -0.39 is 0 Å². The summed E-state index contributed by atoms with van der Waals surface area (Å²) in [7, 11) is 0. The van der Waals surface area contributed by atoms with Gasteiger partial charge in [0.1, 0.15) is 5.84 Å². The van der Waals surface area contributed by atoms with Crippen LogP contribution >= 0.6 is 0 Å². The highest BCUT2D eigenvalue weighted by atomic mass is 15.0. The maximum absolute atomic E-state index is 4.48. The van der Waals surface area contributed by atoms with Gasteiger partial charge in [0.2, 0.25) is 0 Å². The lowest BCUT2D eigenvalue weighted by Crippen LogP contribution is -2.07. The highest BCUT2D eigenvalue weighted by molar-refractivity contribution is 6.12. The zero-order valence-corrected chi connectivity index (χ0v) is 9.54. The second-order valence-corrected chi connectivity index (χ2v) is 3.88. The van der Waals surface area contributed by atoms with Crippen LogP contribution in [0.1, 0.15) is 30.5 Å². The fraction of sp³-hybridized carbons (Fsp3) is 0.385. The summed E-state index contributed by atoms with van der Waals surface area (Å²) in [6.45, 7) is 7.04. The molecule has 2 nitrogen and oxygen atoms in total. The largest absolute Gasteiger partial charge is 0.264 e. The van der Waals surface area contributed by atoms with Crippen molar-refractivity contribution in [1.29, 1.82) is 0 Å². The van der Waals surface area contributed by atoms with Gasteiger partial charge < -0.3 is 0 Å². The van der Waals surface area contributed by atoms with Gasteiger partial charge in [-0.05, 0) is 31.4 Å². The van der Waals surface area contributed by atoms with E-state index in [9.17, 15) is 0 Å². The minimum Gasteiger partial charge on any atom is -0.264 e. The second-order valence-electron chi connectivity index (χ2n) is 3.88. The van der Waals surface area contributed by atoms with Gasteiger partial charge in [-0.2, -0.15) is 0 Å². The Balaban J connectivity index is 2.45. The van der Waals surface area contributed by atoms with Gasteiger partial charge in [0.05, 0.1) is 12.3 Å². The first-order valence-electron chi connectivity index (χ1n) is 5.40. The molecule has 2 rings (SSSR count). The van der Waals surface area contributed by atoms with Crippen LogP contribution in [0.4, 0.5) is 0 Å². The Bertz CT molecular complexity index is 442. The Morgan fingerprint density at radius 3 is 2.67 bits per heavy atom. The lowest BCUT2D eigenvalue weighted by molar-refractivity contribution is 1.10. The average Bonchev–Trinajstić information content (AvgIpc) is 2.64. The summed E-state index contributed by atoms with van der Waals surface area (Å²) in [4.78, 5) is 8.79. The molecule has 2 heteroatoms. The zero-order valence-electron chi connectivity index (χ0n) is 9.54. The molecule has 1 aromatic carbocycles. The molecule has 0 bridgehead atoms. The summed E-state index contributed by atoms with van der Waals surface area (Å²) in [5, 5.41) is 0. The highest BCUT2D eigenvalue weighted by Crippen LogP contribution is 2.17. The third kappa shape index (κ3) is 1.84. The molecule has 0 saturated heterocycles. The van der Waals surface area contributed by atoms with Crippen LogP contribution < -0.4 is 0 Å². The molecule has 0 radical (unpaired) electrons. The number of nitrogens with zero attached hydrogens (tertiary/aromatic N) is 2. The SMILES string of the molecule is CCc1c(C)cccc1C1=NC(C)=NC1. The number of aliphatic imine (C=N–C) groups is 2. The highest BCUT2D eigenvalue weighted by Gasteiger charge is 2.13. The van der Waals surface area contributed by atoms with Gasteiger partial charge >= 0.3 is 0 Å². The number of benzene rings is 1. The first kappa shape index (κ1) is 10.1. The molecule has 0 aromatic heterocycles. The van der Waals surface area contributed by atoms with Crippen LogP contribution in [0.5, 0.6) is 0 Å². The van der Waals surface area contributed by atoms with E-state index in [0.29, 0.717) is 0 Å². The van der Waals surface area contributed by atoms with Crippen LogP contribution in [0.3, 0.4) is 0 Å². The van der Waals surface area contributed by atoms with Gasteiger partial charge in [-0.25, -0.2) is 4.99 Å². The topological polar surface area (TPSA) is 24.7 Å². The molecule has 0 spiro atoms. The second kappa shape index (κ2) is 3.97. The van der Waals surface area contributed by atoms with Crippen LogP contribution in [-0.2, 0) is 6.42 Å². The standard InChI is InChI=1S/C13H16N2/c1-4-11-9(2)6-5-7-12(11)13-8-14-10(3)15-13/h5-7H,4,8H2,1-3H3. The van der Waals surface area contributed by atoms with E-state index >= 15 is 0 Å². The Labute approximate surface area is 90.8 Å². The van der Waals surface area contributed by atoms with E-state index in [-0.39, 0.29) is 0 Å². The molecule has 0 atom stereocenters. The van der Waals surface area contributed by atoms with Crippen molar-refractivity contribution in [3.05, 3.63) is 34.9 Å². The van der Waals surface area contributed by atoms with E-state index in [1.165, 1.54) is 16.7 Å². The summed E-state index contributed by atoms with van der Waals surface area (Å²) in [6, 6.07) is 6.41. The van der Waals surface area contributed by atoms with Crippen molar-refractivity contribution < 1.29 is 0 Å². The molecule has 1 aliphatic rings. The molecule has 15 heavy (non-hydrogen) atoms. The molecule has 1 aromatic rings. The molecule has 0 saturated carbocycles. The van der Waals surface area contributed by atoms with Gasteiger partial charge in [0.25, 0.3) is 0 Å². The zero-order chi connectivity index (χ0) is 10.8. The van der Waals surface area contributed by atoms with E-state index in [2.05, 4.69) is 42.0 Å². The third-order valence-electron chi connectivity index (χ3n) is 2.83. The molecule has 0 N–H and O–H groups in total. The summed E-state index contributed by atoms with van der Waals surface area (Å²) in [5.74, 6) is 0.897. The maximum Gasteiger partial charge on any atom is 0.120 e. The summed E-state index contributed by atoms with van der Waals surface area (Å²) in [5.41, 5.74) is 5.15. The van der Waals surface area contributed by atoms with E-state index in [0.717, 1.165) is 24.5 Å². The predicted octanol–water partition coefficient (Wildman–Crippen LogP) is 2.78. The Morgan fingerprint density at radius 1 is 1.27 bits per heavy atom. The van der Waals surface area contributed by atoms with Crippen molar-refractivity contribution in [2.24, 2.45) is 9.98 Å². The molecule has 1 aliphatic heterocycles. The van der Waals surface area contributed by atoms with Gasteiger partial charge in [-0.3, -0.25) is 4.99 Å². The molecule has 0 fully saturated rings. The first-order chi connectivity index (χ1) is 7.22. The van der Waals surface area contributed by atoms with Crippen molar-refractivity contribution >= 4 is 11.5 Å². The number of hydrogen-bond acceptors (Lipinski definition) is 2. The normalized spacial score (nSPS) is 15.1. The number of hydrogen-bond donors (Lipinski definition) is 0. The van der Waals surface area contributed by atoms with E-state index in [1.54, 1.807) is 0 Å². The van der Waals surface area contributed by atoms with Crippen molar-refractivity contribution in [2.45, 2.75) is 27.2 Å². The molecular formula is C13H16N2. The third-order valence-corrected chi connectivity index (χ3v) is 2.83.